The lowest BCUT2D eigenvalue weighted by Gasteiger charge is -2.24. The van der Waals surface area contributed by atoms with Crippen molar-refractivity contribution in [3.8, 4) is 5.75 Å². The zero-order valence-electron chi connectivity index (χ0n) is 9.61. The van der Waals surface area contributed by atoms with E-state index in [0.29, 0.717) is 5.56 Å². The molecule has 1 aromatic carbocycles. The number of phenols is 1. The Balaban J connectivity index is 2.20. The number of carbonyl (C=O) groups excluding carboxylic acids is 1. The third-order valence-corrected chi connectivity index (χ3v) is 3.58. The predicted octanol–water partition coefficient (Wildman–Crippen LogP) is 1.59. The van der Waals surface area contributed by atoms with Gasteiger partial charge in [0.15, 0.2) is 0 Å². The van der Waals surface area contributed by atoms with Crippen LogP contribution in [0.5, 0.6) is 5.75 Å². The van der Waals surface area contributed by atoms with Gasteiger partial charge in [-0.3, -0.25) is 4.79 Å². The van der Waals surface area contributed by atoms with E-state index in [-0.39, 0.29) is 17.7 Å². The first-order chi connectivity index (χ1) is 8.09. The summed E-state index contributed by atoms with van der Waals surface area (Å²) in [5.74, 6) is -0.117. The highest BCUT2D eigenvalue weighted by Crippen LogP contribution is 2.24. The highest BCUT2D eigenvalue weighted by atomic mass is 79.9. The number of nitrogens with one attached hydrogen (secondary N) is 1. The van der Waals surface area contributed by atoms with Crippen molar-refractivity contribution >= 4 is 21.8 Å². The summed E-state index contributed by atoms with van der Waals surface area (Å²) >= 11 is 3.30. The number of halogens is 1. The third kappa shape index (κ3) is 2.61. The maximum atomic E-state index is 12.2. The largest absolute Gasteiger partial charge is 0.507 e. The number of aromatic hydroxyl groups is 1. The van der Waals surface area contributed by atoms with Crippen molar-refractivity contribution in [1.29, 1.82) is 0 Å². The lowest BCUT2D eigenvalue weighted by molar-refractivity contribution is 0.0740. The average molecular weight is 299 g/mol. The first kappa shape index (κ1) is 12.4. The molecule has 5 heteroatoms. The minimum absolute atomic E-state index is 0.0241. The maximum absolute atomic E-state index is 12.2. The molecule has 1 atom stereocenters. The zero-order valence-corrected chi connectivity index (χ0v) is 11.2. The molecule has 0 aromatic heterocycles. The number of hydrogen-bond donors (Lipinski definition) is 2. The summed E-state index contributed by atoms with van der Waals surface area (Å²) in [6.45, 7) is 1.75. The monoisotopic (exact) mass is 298 g/mol. The Bertz CT molecular complexity index is 431. The van der Waals surface area contributed by atoms with Crippen molar-refractivity contribution in [2.24, 2.45) is 0 Å². The highest BCUT2D eigenvalue weighted by molar-refractivity contribution is 9.10. The first-order valence-corrected chi connectivity index (χ1v) is 6.35. The molecule has 4 nitrogen and oxygen atoms in total. The van der Waals surface area contributed by atoms with Crippen molar-refractivity contribution < 1.29 is 9.90 Å². The normalized spacial score (nSPS) is 19.3. The number of phenolic OH excluding ortho intramolecular Hbond substituents is 1. The summed E-state index contributed by atoms with van der Waals surface area (Å²) in [7, 11) is 1.78. The summed E-state index contributed by atoms with van der Waals surface area (Å²) in [6.07, 6.45) is 0.955. The van der Waals surface area contributed by atoms with E-state index >= 15 is 0 Å². The molecule has 17 heavy (non-hydrogen) atoms. The molecular formula is C12H15BrN2O2. The lowest BCUT2D eigenvalue weighted by atomic mass is 10.1. The molecule has 0 spiro atoms. The number of likely N-dealkylation sites (N-methyl/N-ethyl adjacent to an activating group) is 1. The topological polar surface area (TPSA) is 52.6 Å². The summed E-state index contributed by atoms with van der Waals surface area (Å²) in [4.78, 5) is 13.9. The van der Waals surface area contributed by atoms with Crippen LogP contribution in [0.4, 0.5) is 0 Å². The molecule has 92 valence electrons. The lowest BCUT2D eigenvalue weighted by Crippen LogP contribution is -2.38. The minimum Gasteiger partial charge on any atom is -0.507 e. The third-order valence-electron chi connectivity index (χ3n) is 3.09. The highest BCUT2D eigenvalue weighted by Gasteiger charge is 2.25. The predicted molar refractivity (Wildman–Crippen MR) is 69.2 cm³/mol. The SMILES string of the molecule is CN(C(=O)c1cc(Br)ccc1O)C1CCNC1. The molecule has 1 aliphatic rings. The van der Waals surface area contributed by atoms with Crippen LogP contribution in [0.2, 0.25) is 0 Å². The van der Waals surface area contributed by atoms with E-state index in [0.717, 1.165) is 24.0 Å². The second-order valence-corrected chi connectivity index (χ2v) is 5.14. The number of amides is 1. The van der Waals surface area contributed by atoms with Crippen LogP contribution in [0.15, 0.2) is 22.7 Å². The molecule has 2 N–H and O–H groups in total. The molecule has 1 aliphatic heterocycles. The van der Waals surface area contributed by atoms with E-state index in [1.54, 1.807) is 24.1 Å². The molecule has 1 saturated heterocycles. The maximum Gasteiger partial charge on any atom is 0.257 e. The summed E-state index contributed by atoms with van der Waals surface area (Å²) in [5.41, 5.74) is 0.341. The van der Waals surface area contributed by atoms with E-state index in [4.69, 9.17) is 0 Å². The van der Waals surface area contributed by atoms with Crippen LogP contribution >= 0.6 is 15.9 Å². The van der Waals surface area contributed by atoms with Crippen LogP contribution in [0.1, 0.15) is 16.8 Å². The minimum atomic E-state index is -0.141. The van der Waals surface area contributed by atoms with Gasteiger partial charge in [0.25, 0.3) is 5.91 Å². The number of carbonyl (C=O) groups is 1. The van der Waals surface area contributed by atoms with Crippen LogP contribution in [-0.2, 0) is 0 Å². The average Bonchev–Trinajstić information content (AvgIpc) is 2.84. The van der Waals surface area contributed by atoms with E-state index < -0.39 is 0 Å². The van der Waals surface area contributed by atoms with Gasteiger partial charge in [-0.25, -0.2) is 0 Å². The number of benzene rings is 1. The van der Waals surface area contributed by atoms with Gasteiger partial charge in [0.2, 0.25) is 0 Å². The molecule has 1 aromatic rings. The summed E-state index contributed by atoms with van der Waals surface area (Å²) in [5, 5.41) is 12.9. The molecule has 2 rings (SSSR count). The fourth-order valence-electron chi connectivity index (χ4n) is 2.01. The van der Waals surface area contributed by atoms with Crippen LogP contribution in [0, 0.1) is 0 Å². The van der Waals surface area contributed by atoms with Gasteiger partial charge in [0.05, 0.1) is 5.56 Å². The van der Waals surface area contributed by atoms with Gasteiger partial charge >= 0.3 is 0 Å². The number of nitrogens with zero attached hydrogens (tertiary/aromatic N) is 1. The molecule has 0 saturated carbocycles. The molecule has 1 heterocycles. The van der Waals surface area contributed by atoms with Crippen LogP contribution < -0.4 is 5.32 Å². The molecule has 1 fully saturated rings. The number of hydrogen-bond acceptors (Lipinski definition) is 3. The Hall–Kier alpha value is -1.07. The Morgan fingerprint density at radius 1 is 1.59 bits per heavy atom. The van der Waals surface area contributed by atoms with Crippen LogP contribution in [0.25, 0.3) is 0 Å². The smallest absolute Gasteiger partial charge is 0.257 e. The number of rotatable bonds is 2. The molecule has 0 bridgehead atoms. The summed E-state index contributed by atoms with van der Waals surface area (Å²) < 4.78 is 0.789. The van der Waals surface area contributed by atoms with Crippen LogP contribution in [0.3, 0.4) is 0 Å². The van der Waals surface area contributed by atoms with E-state index in [9.17, 15) is 9.90 Å². The van der Waals surface area contributed by atoms with Crippen molar-refractivity contribution in [2.45, 2.75) is 12.5 Å². The zero-order chi connectivity index (χ0) is 12.4. The second-order valence-electron chi connectivity index (χ2n) is 4.22. The second kappa shape index (κ2) is 5.06. The van der Waals surface area contributed by atoms with E-state index in [1.807, 2.05) is 0 Å². The van der Waals surface area contributed by atoms with Gasteiger partial charge < -0.3 is 15.3 Å². The Kier molecular flexibility index (Phi) is 3.69. The van der Waals surface area contributed by atoms with Gasteiger partial charge in [-0.2, -0.15) is 0 Å². The Labute approximate surface area is 109 Å². The van der Waals surface area contributed by atoms with Crippen molar-refractivity contribution in [3.05, 3.63) is 28.2 Å². The van der Waals surface area contributed by atoms with Gasteiger partial charge in [0.1, 0.15) is 5.75 Å². The fourth-order valence-corrected chi connectivity index (χ4v) is 2.37. The molecule has 1 unspecified atom stereocenters. The Morgan fingerprint density at radius 3 is 3.00 bits per heavy atom. The van der Waals surface area contributed by atoms with E-state index in [1.165, 1.54) is 6.07 Å². The quantitative estimate of drug-likeness (QED) is 0.872. The van der Waals surface area contributed by atoms with Crippen molar-refractivity contribution in [2.75, 3.05) is 20.1 Å². The van der Waals surface area contributed by atoms with Crippen molar-refractivity contribution in [3.63, 3.8) is 0 Å². The van der Waals surface area contributed by atoms with Gasteiger partial charge in [-0.05, 0) is 31.2 Å². The fraction of sp³-hybridized carbons (Fsp3) is 0.417. The Morgan fingerprint density at radius 2 is 2.35 bits per heavy atom. The standard InChI is InChI=1S/C12H15BrN2O2/c1-15(9-4-5-14-7-9)12(17)10-6-8(13)2-3-11(10)16/h2-3,6,9,14,16H,4-5,7H2,1H3. The first-order valence-electron chi connectivity index (χ1n) is 5.56. The van der Waals surface area contributed by atoms with E-state index in [2.05, 4.69) is 21.2 Å². The van der Waals surface area contributed by atoms with Crippen molar-refractivity contribution in [1.82, 2.24) is 10.2 Å². The van der Waals surface area contributed by atoms with Gasteiger partial charge in [0, 0.05) is 24.1 Å². The van der Waals surface area contributed by atoms with Gasteiger partial charge in [-0.1, -0.05) is 15.9 Å². The molecule has 0 aliphatic carbocycles. The van der Waals surface area contributed by atoms with Crippen LogP contribution in [-0.4, -0.2) is 42.1 Å². The summed E-state index contributed by atoms with van der Waals surface area (Å²) in [6, 6.07) is 5.10. The molecule has 1 amide bonds. The molecular weight excluding hydrogens is 284 g/mol. The van der Waals surface area contributed by atoms with Gasteiger partial charge in [-0.15, -0.1) is 0 Å². The molecule has 0 radical (unpaired) electrons.